The first-order valence-electron chi connectivity index (χ1n) is 14.7. The molecule has 2 aliphatic rings. The van der Waals surface area contributed by atoms with Crippen molar-refractivity contribution in [3.63, 3.8) is 0 Å². The molecule has 0 aromatic carbocycles. The van der Waals surface area contributed by atoms with Crippen molar-refractivity contribution in [2.75, 3.05) is 39.4 Å². The van der Waals surface area contributed by atoms with Gasteiger partial charge in [-0.2, -0.15) is 0 Å². The molecule has 0 bridgehead atoms. The summed E-state index contributed by atoms with van der Waals surface area (Å²) in [6, 6.07) is 0. The Morgan fingerprint density at radius 2 is 1.30 bits per heavy atom. The summed E-state index contributed by atoms with van der Waals surface area (Å²) in [5.74, 6) is 0. The highest BCUT2D eigenvalue weighted by Gasteiger charge is 2.31. The second-order valence-electron chi connectivity index (χ2n) is 12.4. The molecule has 10 heteroatoms. The largest absolute Gasteiger partial charge is 0.444 e. The number of hydrogen-bond acceptors (Lipinski definition) is 8. The van der Waals surface area contributed by atoms with E-state index in [9.17, 15) is 19.5 Å². The third kappa shape index (κ3) is 16.8. The molecular formula is C30H54N2O8. The van der Waals surface area contributed by atoms with Crippen molar-refractivity contribution in [1.82, 2.24) is 9.80 Å². The molecular weight excluding hydrogens is 516 g/mol. The summed E-state index contributed by atoms with van der Waals surface area (Å²) in [7, 11) is 0. The van der Waals surface area contributed by atoms with Crippen LogP contribution in [0.5, 0.6) is 0 Å². The number of ether oxygens (including phenoxy) is 4. The maximum Gasteiger partial charge on any atom is 0.410 e. The maximum atomic E-state index is 11.9. The second-order valence-corrected chi connectivity index (χ2v) is 12.4. The van der Waals surface area contributed by atoms with Crippen molar-refractivity contribution in [2.45, 2.75) is 122 Å². The van der Waals surface area contributed by atoms with Crippen LogP contribution in [0.15, 0.2) is 12.7 Å². The first kappa shape index (κ1) is 35.9. The first-order chi connectivity index (χ1) is 18.7. The second kappa shape index (κ2) is 18.3. The Morgan fingerprint density at radius 1 is 0.850 bits per heavy atom. The average molecular weight is 571 g/mol. The standard InChI is InChI=1S/C16H29NO4.C14H25NO4/c1-5-13(18)8-6-7-11-20-14-9-10-17(12-14)15(19)21-16(2,3)4;1-14(2,3)19-13(17)15-8-7-12(11-15)18-10-6-4-5-9-16/h5,13-14,18H,1,6-12H2,2-4H3;9,12H,4-8,10-11H2,1-3H3/t13?,14-;12-/m11/s1. The summed E-state index contributed by atoms with van der Waals surface area (Å²) >= 11 is 0. The Morgan fingerprint density at radius 3 is 1.70 bits per heavy atom. The summed E-state index contributed by atoms with van der Waals surface area (Å²) in [5, 5.41) is 9.34. The van der Waals surface area contributed by atoms with Crippen LogP contribution in [0.25, 0.3) is 0 Å². The minimum absolute atomic E-state index is 0.0989. The van der Waals surface area contributed by atoms with Crippen LogP contribution in [-0.4, -0.2) is 102 Å². The molecule has 2 rings (SSSR count). The lowest BCUT2D eigenvalue weighted by Gasteiger charge is -2.24. The molecule has 1 N–H and O–H groups in total. The van der Waals surface area contributed by atoms with Gasteiger partial charge in [0.15, 0.2) is 0 Å². The van der Waals surface area contributed by atoms with Gasteiger partial charge in [-0.25, -0.2) is 9.59 Å². The quantitative estimate of drug-likeness (QED) is 0.185. The number of amides is 2. The topological polar surface area (TPSA) is 115 Å². The van der Waals surface area contributed by atoms with Gasteiger partial charge in [-0.15, -0.1) is 6.58 Å². The molecule has 2 saturated heterocycles. The highest BCUT2D eigenvalue weighted by Crippen LogP contribution is 2.19. The predicted octanol–water partition coefficient (Wildman–Crippen LogP) is 5.11. The summed E-state index contributed by atoms with van der Waals surface area (Å²) < 4.78 is 22.1. The van der Waals surface area contributed by atoms with Crippen molar-refractivity contribution < 1.29 is 38.4 Å². The zero-order chi connectivity index (χ0) is 30.2. The molecule has 0 aromatic rings. The Hall–Kier alpha value is -2.17. The number of aliphatic hydroxyl groups excluding tert-OH is 1. The molecule has 0 radical (unpaired) electrons. The maximum absolute atomic E-state index is 11.9. The third-order valence-electron chi connectivity index (χ3n) is 6.18. The van der Waals surface area contributed by atoms with Gasteiger partial charge >= 0.3 is 12.2 Å². The van der Waals surface area contributed by atoms with E-state index in [1.54, 1.807) is 15.9 Å². The molecule has 232 valence electrons. The lowest BCUT2D eigenvalue weighted by molar-refractivity contribution is -0.108. The monoisotopic (exact) mass is 570 g/mol. The summed E-state index contributed by atoms with van der Waals surface area (Å²) in [6.07, 6.45) is 8.35. The Bertz CT molecular complexity index is 762. The zero-order valence-electron chi connectivity index (χ0n) is 25.7. The number of likely N-dealkylation sites (tertiary alicyclic amines) is 2. The van der Waals surface area contributed by atoms with Crippen molar-refractivity contribution in [1.29, 1.82) is 0 Å². The van der Waals surface area contributed by atoms with Crippen LogP contribution >= 0.6 is 0 Å². The predicted molar refractivity (Wildman–Crippen MR) is 154 cm³/mol. The normalized spacial score (nSPS) is 20.0. The van der Waals surface area contributed by atoms with Gasteiger partial charge in [0.05, 0.1) is 31.4 Å². The molecule has 0 saturated carbocycles. The van der Waals surface area contributed by atoms with E-state index in [4.69, 9.17) is 18.9 Å². The SMILES string of the molecule is C=CC(O)CCCCO[C@@H]1CCN(C(=O)OC(C)(C)C)C1.CC(C)(C)OC(=O)N1CC[C@@H](OCCCCC=O)C1. The fraction of sp³-hybridized carbons (Fsp3) is 0.833. The summed E-state index contributed by atoms with van der Waals surface area (Å²) in [5.41, 5.74) is -0.910. The molecule has 0 spiro atoms. The van der Waals surface area contributed by atoms with Crippen molar-refractivity contribution in [3.8, 4) is 0 Å². The first-order valence-corrected chi connectivity index (χ1v) is 14.7. The number of hydrogen-bond donors (Lipinski definition) is 1. The van der Waals surface area contributed by atoms with E-state index in [2.05, 4.69) is 6.58 Å². The van der Waals surface area contributed by atoms with Gasteiger partial charge in [0.25, 0.3) is 0 Å². The minimum atomic E-state index is -0.456. The van der Waals surface area contributed by atoms with Crippen LogP contribution in [0.4, 0.5) is 9.59 Å². The van der Waals surface area contributed by atoms with Crippen LogP contribution < -0.4 is 0 Å². The Kier molecular flexibility index (Phi) is 16.4. The zero-order valence-corrected chi connectivity index (χ0v) is 25.7. The fourth-order valence-corrected chi connectivity index (χ4v) is 4.12. The van der Waals surface area contributed by atoms with Gasteiger partial charge in [0, 0.05) is 32.7 Å². The van der Waals surface area contributed by atoms with E-state index >= 15 is 0 Å². The highest BCUT2D eigenvalue weighted by atomic mass is 16.6. The van der Waals surface area contributed by atoms with Gasteiger partial charge in [-0.1, -0.05) is 6.08 Å². The molecule has 1 unspecified atom stereocenters. The van der Waals surface area contributed by atoms with Crippen molar-refractivity contribution in [3.05, 3.63) is 12.7 Å². The van der Waals surface area contributed by atoms with Gasteiger partial charge in [-0.3, -0.25) is 0 Å². The van der Waals surface area contributed by atoms with Crippen LogP contribution in [0.1, 0.15) is 92.9 Å². The van der Waals surface area contributed by atoms with Crippen LogP contribution in [0, 0.1) is 0 Å². The summed E-state index contributed by atoms with van der Waals surface area (Å²) in [6.45, 7) is 18.6. The number of unbranched alkanes of at least 4 members (excludes halogenated alkanes) is 3. The molecule has 2 fully saturated rings. The van der Waals surface area contributed by atoms with E-state index in [1.165, 1.54) is 0 Å². The lowest BCUT2D eigenvalue weighted by atomic mass is 10.1. The lowest BCUT2D eigenvalue weighted by Crippen LogP contribution is -2.36. The minimum Gasteiger partial charge on any atom is -0.444 e. The average Bonchev–Trinajstić information content (AvgIpc) is 3.52. The molecule has 2 heterocycles. The van der Waals surface area contributed by atoms with Gasteiger partial charge in [0.2, 0.25) is 0 Å². The highest BCUT2D eigenvalue weighted by molar-refractivity contribution is 5.69. The molecule has 2 amide bonds. The van der Waals surface area contributed by atoms with Crippen molar-refractivity contribution >= 4 is 18.5 Å². The van der Waals surface area contributed by atoms with Gasteiger partial charge < -0.3 is 38.6 Å². The molecule has 0 aromatic heterocycles. The summed E-state index contributed by atoms with van der Waals surface area (Å²) in [4.78, 5) is 37.3. The molecule has 0 aliphatic carbocycles. The van der Waals surface area contributed by atoms with E-state index in [1.807, 2.05) is 41.5 Å². The van der Waals surface area contributed by atoms with Gasteiger partial charge in [0.1, 0.15) is 17.5 Å². The third-order valence-corrected chi connectivity index (χ3v) is 6.18. The Labute approximate surface area is 241 Å². The van der Waals surface area contributed by atoms with E-state index in [0.29, 0.717) is 45.8 Å². The van der Waals surface area contributed by atoms with E-state index in [0.717, 1.165) is 51.2 Å². The van der Waals surface area contributed by atoms with Crippen LogP contribution in [0.3, 0.4) is 0 Å². The van der Waals surface area contributed by atoms with Crippen LogP contribution in [-0.2, 0) is 23.7 Å². The molecule has 40 heavy (non-hydrogen) atoms. The number of carbonyl (C=O) groups excluding carboxylic acids is 3. The number of rotatable bonds is 13. The van der Waals surface area contributed by atoms with Crippen LogP contribution in [0.2, 0.25) is 0 Å². The van der Waals surface area contributed by atoms with Gasteiger partial charge in [-0.05, 0) is 86.5 Å². The number of aliphatic hydroxyl groups is 1. The van der Waals surface area contributed by atoms with Crippen molar-refractivity contribution in [2.24, 2.45) is 0 Å². The fourth-order valence-electron chi connectivity index (χ4n) is 4.12. The molecule has 3 atom stereocenters. The number of carbonyl (C=O) groups is 3. The van der Waals surface area contributed by atoms with E-state index < -0.39 is 17.3 Å². The molecule has 2 aliphatic heterocycles. The smallest absolute Gasteiger partial charge is 0.410 e. The number of aldehydes is 1. The molecule has 10 nitrogen and oxygen atoms in total. The van der Waals surface area contributed by atoms with E-state index in [-0.39, 0.29) is 24.4 Å². The Balaban J connectivity index is 0.000000402. The number of nitrogens with zero attached hydrogens (tertiary/aromatic N) is 2.